The highest BCUT2D eigenvalue weighted by Crippen LogP contribution is 2.44. The topological polar surface area (TPSA) is 81.9 Å². The van der Waals surface area contributed by atoms with Crippen molar-refractivity contribution in [3.8, 4) is 22.9 Å². The van der Waals surface area contributed by atoms with E-state index in [-0.39, 0.29) is 5.69 Å². The summed E-state index contributed by atoms with van der Waals surface area (Å²) in [7, 11) is 1.47. The van der Waals surface area contributed by atoms with E-state index in [1.165, 1.54) is 7.11 Å². The van der Waals surface area contributed by atoms with Gasteiger partial charge in [-0.2, -0.15) is 18.4 Å². The number of fused-ring (bicyclic) bond motifs is 1. The van der Waals surface area contributed by atoms with Crippen LogP contribution < -0.4 is 4.74 Å². The van der Waals surface area contributed by atoms with Gasteiger partial charge in [-0.25, -0.2) is 0 Å². The minimum absolute atomic E-state index is 0.283. The number of pyridine rings is 1. The van der Waals surface area contributed by atoms with Gasteiger partial charge in [-0.3, -0.25) is 4.98 Å². The van der Waals surface area contributed by atoms with Crippen molar-refractivity contribution in [2.24, 2.45) is 0 Å². The number of nitrogens with one attached hydrogen (secondary N) is 1. The summed E-state index contributed by atoms with van der Waals surface area (Å²) in [4.78, 5) is 7.06. The molecule has 192 valence electrons. The van der Waals surface area contributed by atoms with E-state index in [1.807, 2.05) is 6.92 Å². The lowest BCUT2D eigenvalue weighted by Crippen LogP contribution is -2.50. The first-order valence-corrected chi connectivity index (χ1v) is 11.8. The van der Waals surface area contributed by atoms with E-state index < -0.39 is 30.0 Å². The van der Waals surface area contributed by atoms with Gasteiger partial charge in [-0.1, -0.05) is 50.2 Å². The first-order chi connectivity index (χ1) is 17.4. The molecule has 0 saturated heterocycles. The molecule has 0 amide bonds. The molecule has 0 aliphatic carbocycles. The Labute approximate surface area is 213 Å². The lowest BCUT2D eigenvalue weighted by Gasteiger charge is -2.38. The van der Waals surface area contributed by atoms with Crippen LogP contribution in [0, 0.1) is 18.3 Å². The van der Waals surface area contributed by atoms with Crippen LogP contribution in [0.1, 0.15) is 42.7 Å². The highest BCUT2D eigenvalue weighted by molar-refractivity contribution is 5.82. The van der Waals surface area contributed by atoms with Crippen molar-refractivity contribution in [3.63, 3.8) is 0 Å². The fourth-order valence-electron chi connectivity index (χ4n) is 4.92. The first-order valence-electron chi connectivity index (χ1n) is 11.8. The van der Waals surface area contributed by atoms with Crippen molar-refractivity contribution >= 4 is 10.9 Å². The summed E-state index contributed by atoms with van der Waals surface area (Å²) in [6.45, 7) is 5.19. The van der Waals surface area contributed by atoms with Gasteiger partial charge >= 0.3 is 6.18 Å². The van der Waals surface area contributed by atoms with Crippen LogP contribution in [0.15, 0.2) is 60.9 Å². The second kappa shape index (κ2) is 9.56. The van der Waals surface area contributed by atoms with E-state index in [0.29, 0.717) is 33.5 Å². The SMILES string of the molecule is COc1cccc(-c2cccc(C(C)(C)CC(O)(Cc3cc4c(C)cncc4[nH]3)C(F)(F)F)c2)c1C#N. The smallest absolute Gasteiger partial charge is 0.417 e. The second-order valence-electron chi connectivity index (χ2n) is 10.1. The molecule has 0 spiro atoms. The average molecular weight is 508 g/mol. The number of ether oxygens (including phenoxy) is 1. The number of hydrogen-bond acceptors (Lipinski definition) is 4. The van der Waals surface area contributed by atoms with Crippen molar-refractivity contribution in [3.05, 3.63) is 83.3 Å². The normalized spacial score (nSPS) is 13.8. The van der Waals surface area contributed by atoms with E-state index in [1.54, 1.807) is 74.8 Å². The molecular formula is C29H28F3N3O2. The van der Waals surface area contributed by atoms with E-state index in [2.05, 4.69) is 16.0 Å². The first kappa shape index (κ1) is 26.2. The average Bonchev–Trinajstić information content (AvgIpc) is 3.26. The number of alkyl halides is 3. The van der Waals surface area contributed by atoms with E-state index in [0.717, 1.165) is 10.9 Å². The molecule has 8 heteroatoms. The number of aromatic nitrogens is 2. The molecule has 37 heavy (non-hydrogen) atoms. The fourth-order valence-corrected chi connectivity index (χ4v) is 4.92. The zero-order valence-electron chi connectivity index (χ0n) is 21.1. The number of aryl methyl sites for hydroxylation is 1. The van der Waals surface area contributed by atoms with E-state index >= 15 is 0 Å². The van der Waals surface area contributed by atoms with Crippen LogP contribution >= 0.6 is 0 Å². The van der Waals surface area contributed by atoms with Gasteiger partial charge in [0, 0.05) is 29.3 Å². The number of H-pyrrole nitrogens is 1. The van der Waals surface area contributed by atoms with Gasteiger partial charge in [0.2, 0.25) is 0 Å². The zero-order valence-corrected chi connectivity index (χ0v) is 21.1. The molecule has 2 heterocycles. The van der Waals surface area contributed by atoms with Crippen molar-refractivity contribution in [1.29, 1.82) is 5.26 Å². The number of methoxy groups -OCH3 is 1. The molecule has 2 aromatic carbocycles. The summed E-state index contributed by atoms with van der Waals surface area (Å²) >= 11 is 0. The minimum atomic E-state index is -4.87. The van der Waals surface area contributed by atoms with Crippen LogP contribution in [-0.2, 0) is 11.8 Å². The van der Waals surface area contributed by atoms with Crippen LogP contribution in [-0.4, -0.2) is 34.0 Å². The standard InChI is InChI=1S/C29H28F3N3O2/c1-18-15-34-16-25-23(18)12-21(35-25)13-28(36,29(30,31)32)17-27(2,3)20-8-5-7-19(11-20)22-9-6-10-26(37-4)24(22)14-33/h5-12,15-16,35-36H,13,17H2,1-4H3. The lowest BCUT2D eigenvalue weighted by molar-refractivity contribution is -0.266. The minimum Gasteiger partial charge on any atom is -0.495 e. The van der Waals surface area contributed by atoms with Crippen molar-refractivity contribution in [1.82, 2.24) is 9.97 Å². The Morgan fingerprint density at radius 1 is 1.08 bits per heavy atom. The summed E-state index contributed by atoms with van der Waals surface area (Å²) in [5.41, 5.74) is -0.0578. The molecule has 1 unspecified atom stereocenters. The molecule has 0 fully saturated rings. The number of aromatic amines is 1. The molecule has 4 aromatic rings. The Balaban J connectivity index is 1.70. The number of benzene rings is 2. The quantitative estimate of drug-likeness (QED) is 0.294. The highest BCUT2D eigenvalue weighted by atomic mass is 19.4. The van der Waals surface area contributed by atoms with Crippen molar-refractivity contribution in [2.45, 2.75) is 50.8 Å². The zero-order chi connectivity index (χ0) is 27.0. The van der Waals surface area contributed by atoms with Gasteiger partial charge in [0.15, 0.2) is 5.60 Å². The third kappa shape index (κ3) is 5.05. The second-order valence-corrected chi connectivity index (χ2v) is 10.1. The number of nitriles is 1. The molecule has 0 radical (unpaired) electrons. The number of halogens is 3. The summed E-state index contributed by atoms with van der Waals surface area (Å²) in [5.74, 6) is 0.417. The monoisotopic (exact) mass is 507 g/mol. The van der Waals surface area contributed by atoms with Gasteiger partial charge in [0.1, 0.15) is 17.4 Å². The molecular weight excluding hydrogens is 479 g/mol. The van der Waals surface area contributed by atoms with Gasteiger partial charge in [0.05, 0.1) is 18.8 Å². The molecule has 2 N–H and O–H groups in total. The predicted molar refractivity (Wildman–Crippen MR) is 136 cm³/mol. The summed E-state index contributed by atoms with van der Waals surface area (Å²) in [6, 6.07) is 16.0. The Morgan fingerprint density at radius 3 is 2.46 bits per heavy atom. The molecule has 0 aliphatic rings. The van der Waals surface area contributed by atoms with Gasteiger partial charge in [-0.05, 0) is 47.6 Å². The molecule has 1 atom stereocenters. The number of aliphatic hydroxyl groups is 1. The van der Waals surface area contributed by atoms with Crippen LogP contribution in [0.4, 0.5) is 13.2 Å². The van der Waals surface area contributed by atoms with Crippen LogP contribution in [0.5, 0.6) is 5.75 Å². The molecule has 5 nitrogen and oxygen atoms in total. The molecule has 2 aromatic heterocycles. The Kier molecular flexibility index (Phi) is 6.78. The molecule has 4 rings (SSSR count). The van der Waals surface area contributed by atoms with Crippen molar-refractivity contribution in [2.75, 3.05) is 7.11 Å². The predicted octanol–water partition coefficient (Wildman–Crippen LogP) is 6.62. The number of rotatable bonds is 7. The lowest BCUT2D eigenvalue weighted by atomic mass is 9.73. The molecule has 0 aliphatic heterocycles. The number of nitrogens with zero attached hydrogens (tertiary/aromatic N) is 2. The Bertz CT molecular complexity index is 1480. The van der Waals surface area contributed by atoms with Crippen LogP contribution in [0.3, 0.4) is 0 Å². The summed E-state index contributed by atoms with van der Waals surface area (Å²) in [6.07, 6.45) is -2.85. The van der Waals surface area contributed by atoms with Crippen LogP contribution in [0.25, 0.3) is 22.0 Å². The van der Waals surface area contributed by atoms with Gasteiger partial charge in [0.25, 0.3) is 0 Å². The fraction of sp³-hybridized carbons (Fsp3) is 0.310. The largest absolute Gasteiger partial charge is 0.495 e. The maximum Gasteiger partial charge on any atom is 0.417 e. The number of hydrogen-bond donors (Lipinski definition) is 2. The Morgan fingerprint density at radius 2 is 1.81 bits per heavy atom. The van der Waals surface area contributed by atoms with E-state index in [9.17, 15) is 23.5 Å². The van der Waals surface area contributed by atoms with E-state index in [4.69, 9.17) is 4.74 Å². The van der Waals surface area contributed by atoms with Crippen LogP contribution in [0.2, 0.25) is 0 Å². The highest BCUT2D eigenvalue weighted by Gasteiger charge is 2.56. The summed E-state index contributed by atoms with van der Waals surface area (Å²) in [5, 5.41) is 21.6. The Hall–Kier alpha value is -3.83. The molecule has 0 saturated carbocycles. The maximum absolute atomic E-state index is 14.4. The summed E-state index contributed by atoms with van der Waals surface area (Å²) < 4.78 is 48.4. The third-order valence-electron chi connectivity index (χ3n) is 6.86. The third-order valence-corrected chi connectivity index (χ3v) is 6.86. The van der Waals surface area contributed by atoms with Gasteiger partial charge < -0.3 is 14.8 Å². The van der Waals surface area contributed by atoms with Gasteiger partial charge in [-0.15, -0.1) is 0 Å². The maximum atomic E-state index is 14.4. The molecule has 0 bridgehead atoms. The van der Waals surface area contributed by atoms with Crippen molar-refractivity contribution < 1.29 is 23.0 Å².